The highest BCUT2D eigenvalue weighted by atomic mass is 16.6. The second-order valence-corrected chi connectivity index (χ2v) is 6.12. The zero-order valence-corrected chi connectivity index (χ0v) is 13.5. The first-order valence-corrected chi connectivity index (χ1v) is 8.07. The average Bonchev–Trinajstić information content (AvgIpc) is 3.44. The average molecular weight is 325 g/mol. The van der Waals surface area contributed by atoms with Gasteiger partial charge >= 0.3 is 0 Å². The number of amides is 1. The molecule has 0 atom stereocenters. The van der Waals surface area contributed by atoms with E-state index in [1.807, 2.05) is 42.5 Å². The number of benzene rings is 2. The predicted molar refractivity (Wildman–Crippen MR) is 90.0 cm³/mol. The summed E-state index contributed by atoms with van der Waals surface area (Å²) in [7, 11) is 1.64. The number of carbonyl (C=O) groups excluding carboxylic acids is 1. The fourth-order valence-electron chi connectivity index (χ4n) is 3.05. The Morgan fingerprint density at radius 1 is 1.04 bits per heavy atom. The Labute approximate surface area is 140 Å². The summed E-state index contributed by atoms with van der Waals surface area (Å²) in [5.74, 6) is 2.20. The Morgan fingerprint density at radius 2 is 1.75 bits per heavy atom. The molecule has 0 saturated heterocycles. The van der Waals surface area contributed by atoms with Crippen LogP contribution < -0.4 is 19.5 Å². The normalized spacial score (nSPS) is 17.0. The van der Waals surface area contributed by atoms with E-state index < -0.39 is 5.41 Å². The maximum Gasteiger partial charge on any atom is 0.235 e. The smallest absolute Gasteiger partial charge is 0.235 e. The molecule has 5 heteroatoms. The lowest BCUT2D eigenvalue weighted by molar-refractivity contribution is -0.118. The molecule has 1 N–H and O–H groups in total. The van der Waals surface area contributed by atoms with Gasteiger partial charge in [0, 0.05) is 11.8 Å². The second kappa shape index (κ2) is 5.74. The molecular formula is C19H19NO4. The van der Waals surface area contributed by atoms with Crippen molar-refractivity contribution in [1.82, 2.24) is 0 Å². The minimum absolute atomic E-state index is 0.0179. The van der Waals surface area contributed by atoms with Crippen molar-refractivity contribution in [3.8, 4) is 17.2 Å². The second-order valence-electron chi connectivity index (χ2n) is 6.12. The van der Waals surface area contributed by atoms with Crippen LogP contribution in [0.2, 0.25) is 0 Å². The maximum atomic E-state index is 12.8. The number of ether oxygens (including phenoxy) is 3. The van der Waals surface area contributed by atoms with Crippen LogP contribution in [0.25, 0.3) is 0 Å². The van der Waals surface area contributed by atoms with Crippen LogP contribution in [0.15, 0.2) is 42.5 Å². The lowest BCUT2D eigenvalue weighted by atomic mass is 9.94. The van der Waals surface area contributed by atoms with Gasteiger partial charge in [0.25, 0.3) is 0 Å². The molecule has 4 rings (SSSR count). The number of rotatable bonds is 4. The molecule has 1 heterocycles. The fourth-order valence-corrected chi connectivity index (χ4v) is 3.05. The van der Waals surface area contributed by atoms with Crippen LogP contribution in [0, 0.1) is 0 Å². The number of methoxy groups -OCH3 is 1. The summed E-state index contributed by atoms with van der Waals surface area (Å²) in [4.78, 5) is 12.8. The molecule has 1 aliphatic heterocycles. The van der Waals surface area contributed by atoms with Crippen LogP contribution in [0.3, 0.4) is 0 Å². The van der Waals surface area contributed by atoms with Crippen molar-refractivity contribution in [2.75, 3.05) is 25.6 Å². The lowest BCUT2D eigenvalue weighted by Crippen LogP contribution is -2.27. The summed E-state index contributed by atoms with van der Waals surface area (Å²) in [5.41, 5.74) is 1.32. The van der Waals surface area contributed by atoms with Gasteiger partial charge in [-0.05, 0) is 42.7 Å². The van der Waals surface area contributed by atoms with Crippen molar-refractivity contribution in [1.29, 1.82) is 0 Å². The van der Waals surface area contributed by atoms with Crippen molar-refractivity contribution in [3.63, 3.8) is 0 Å². The first-order valence-electron chi connectivity index (χ1n) is 8.07. The Hall–Kier alpha value is -2.69. The van der Waals surface area contributed by atoms with Crippen molar-refractivity contribution < 1.29 is 19.0 Å². The first kappa shape index (κ1) is 14.9. The third kappa shape index (κ3) is 2.56. The van der Waals surface area contributed by atoms with Crippen LogP contribution in [0.1, 0.15) is 18.4 Å². The SMILES string of the molecule is COc1ccc(C2(C(=O)Nc3ccc4c(c3)OCCO4)CC2)cc1. The molecule has 124 valence electrons. The topological polar surface area (TPSA) is 56.8 Å². The zero-order chi connectivity index (χ0) is 16.6. The van der Waals surface area contributed by atoms with Crippen LogP contribution in [0.5, 0.6) is 17.2 Å². The van der Waals surface area contributed by atoms with E-state index >= 15 is 0 Å². The molecule has 1 fully saturated rings. The molecule has 0 spiro atoms. The van der Waals surface area contributed by atoms with Gasteiger partial charge in [-0.25, -0.2) is 0 Å². The minimum Gasteiger partial charge on any atom is -0.497 e. The van der Waals surface area contributed by atoms with Gasteiger partial charge in [-0.2, -0.15) is 0 Å². The number of hydrogen-bond acceptors (Lipinski definition) is 4. The van der Waals surface area contributed by atoms with E-state index in [9.17, 15) is 4.79 Å². The van der Waals surface area contributed by atoms with Crippen LogP contribution in [-0.2, 0) is 10.2 Å². The van der Waals surface area contributed by atoms with Crippen molar-refractivity contribution >= 4 is 11.6 Å². The van der Waals surface area contributed by atoms with Gasteiger partial charge < -0.3 is 19.5 Å². The quantitative estimate of drug-likeness (QED) is 0.938. The van der Waals surface area contributed by atoms with Gasteiger partial charge in [-0.15, -0.1) is 0 Å². The molecule has 0 unspecified atom stereocenters. The number of nitrogens with one attached hydrogen (secondary N) is 1. The summed E-state index contributed by atoms with van der Waals surface area (Å²) in [6.07, 6.45) is 1.71. The van der Waals surface area contributed by atoms with Gasteiger partial charge in [0.1, 0.15) is 19.0 Å². The number of anilines is 1. The molecule has 0 radical (unpaired) electrons. The standard InChI is InChI=1S/C19H19NO4/c1-22-15-5-2-13(3-6-15)19(8-9-19)18(21)20-14-4-7-16-17(12-14)24-11-10-23-16/h2-7,12H,8-11H2,1H3,(H,20,21). The van der Waals surface area contributed by atoms with E-state index in [2.05, 4.69) is 5.32 Å². The van der Waals surface area contributed by atoms with Gasteiger partial charge in [0.05, 0.1) is 12.5 Å². The number of fused-ring (bicyclic) bond motifs is 1. The first-order chi connectivity index (χ1) is 11.7. The van der Waals surface area contributed by atoms with Crippen LogP contribution >= 0.6 is 0 Å². The van der Waals surface area contributed by atoms with Gasteiger partial charge in [0.2, 0.25) is 5.91 Å². The zero-order valence-electron chi connectivity index (χ0n) is 13.5. The predicted octanol–water partition coefficient (Wildman–Crippen LogP) is 3.14. The van der Waals surface area contributed by atoms with E-state index in [1.54, 1.807) is 7.11 Å². The Bertz CT molecular complexity index is 765. The summed E-state index contributed by atoms with van der Waals surface area (Å²) >= 11 is 0. The van der Waals surface area contributed by atoms with E-state index in [1.165, 1.54) is 0 Å². The molecule has 1 aliphatic carbocycles. The van der Waals surface area contributed by atoms with E-state index in [0.717, 1.165) is 35.6 Å². The fraction of sp³-hybridized carbons (Fsp3) is 0.316. The third-order valence-electron chi connectivity index (χ3n) is 4.63. The molecule has 24 heavy (non-hydrogen) atoms. The molecule has 0 aromatic heterocycles. The molecule has 5 nitrogen and oxygen atoms in total. The summed E-state index contributed by atoms with van der Waals surface area (Å²) in [5, 5.41) is 3.02. The maximum absolute atomic E-state index is 12.8. The van der Waals surface area contributed by atoms with Crippen molar-refractivity contribution in [2.24, 2.45) is 0 Å². The van der Waals surface area contributed by atoms with Crippen molar-refractivity contribution in [2.45, 2.75) is 18.3 Å². The highest BCUT2D eigenvalue weighted by Gasteiger charge is 2.51. The van der Waals surface area contributed by atoms with Gasteiger partial charge in [0.15, 0.2) is 11.5 Å². The summed E-state index contributed by atoms with van der Waals surface area (Å²) < 4.78 is 16.3. The Balaban J connectivity index is 1.53. The largest absolute Gasteiger partial charge is 0.497 e. The van der Waals surface area contributed by atoms with E-state index in [-0.39, 0.29) is 5.91 Å². The molecule has 2 aromatic rings. The van der Waals surface area contributed by atoms with E-state index in [4.69, 9.17) is 14.2 Å². The molecule has 1 saturated carbocycles. The monoisotopic (exact) mass is 325 g/mol. The molecular weight excluding hydrogens is 306 g/mol. The van der Waals surface area contributed by atoms with Crippen LogP contribution in [-0.4, -0.2) is 26.2 Å². The summed E-state index contributed by atoms with van der Waals surface area (Å²) in [6, 6.07) is 13.2. The third-order valence-corrected chi connectivity index (χ3v) is 4.63. The lowest BCUT2D eigenvalue weighted by Gasteiger charge is -2.20. The molecule has 1 amide bonds. The minimum atomic E-state index is -0.431. The van der Waals surface area contributed by atoms with E-state index in [0.29, 0.717) is 19.0 Å². The Morgan fingerprint density at radius 3 is 2.42 bits per heavy atom. The molecule has 0 bridgehead atoms. The highest BCUT2D eigenvalue weighted by molar-refractivity contribution is 6.01. The summed E-state index contributed by atoms with van der Waals surface area (Å²) in [6.45, 7) is 1.08. The number of hydrogen-bond donors (Lipinski definition) is 1. The van der Waals surface area contributed by atoms with Crippen molar-refractivity contribution in [3.05, 3.63) is 48.0 Å². The van der Waals surface area contributed by atoms with Crippen LogP contribution in [0.4, 0.5) is 5.69 Å². The van der Waals surface area contributed by atoms with Gasteiger partial charge in [-0.3, -0.25) is 4.79 Å². The van der Waals surface area contributed by atoms with Gasteiger partial charge in [-0.1, -0.05) is 12.1 Å². The molecule has 2 aromatic carbocycles. The molecule has 2 aliphatic rings. The highest BCUT2D eigenvalue weighted by Crippen LogP contribution is 2.49. The number of carbonyl (C=O) groups is 1. The Kier molecular flexibility index (Phi) is 3.56.